The fraction of sp³-hybridized carbons (Fsp3) is 0.235. The molecule has 0 bridgehead atoms. The van der Waals surface area contributed by atoms with Crippen LogP contribution in [0.3, 0.4) is 0 Å². The first-order chi connectivity index (χ1) is 11.1. The van der Waals surface area contributed by atoms with E-state index in [9.17, 15) is 5.11 Å². The molecule has 0 radical (unpaired) electrons. The molecular weight excluding hydrogens is 308 g/mol. The molecule has 0 saturated heterocycles. The molecule has 0 saturated carbocycles. The monoisotopic (exact) mass is 326 g/mol. The lowest BCUT2D eigenvalue weighted by Crippen LogP contribution is -1.98. The summed E-state index contributed by atoms with van der Waals surface area (Å²) in [5.41, 5.74) is 3.40. The summed E-state index contributed by atoms with van der Waals surface area (Å²) in [6, 6.07) is 15.5. The van der Waals surface area contributed by atoms with Gasteiger partial charge in [-0.3, -0.25) is 0 Å². The van der Waals surface area contributed by atoms with Gasteiger partial charge >= 0.3 is 0 Å². The van der Waals surface area contributed by atoms with Crippen LogP contribution in [0.2, 0.25) is 0 Å². The maximum Gasteiger partial charge on any atom is 0.214 e. The molecule has 0 aliphatic heterocycles. The van der Waals surface area contributed by atoms with E-state index in [0.29, 0.717) is 5.92 Å². The number of phenols is 1. The number of aromatic hydroxyl groups is 1. The van der Waals surface area contributed by atoms with Crippen molar-refractivity contribution < 1.29 is 5.11 Å². The summed E-state index contributed by atoms with van der Waals surface area (Å²) in [5, 5.41) is 21.9. The highest BCUT2D eigenvalue weighted by atomic mass is 32.2. The Morgan fingerprint density at radius 3 is 2.39 bits per heavy atom. The number of tetrazole rings is 1. The van der Waals surface area contributed by atoms with Crippen LogP contribution in [0.25, 0.3) is 5.69 Å². The lowest BCUT2D eigenvalue weighted by molar-refractivity contribution is 0.475. The van der Waals surface area contributed by atoms with E-state index in [1.807, 2.05) is 0 Å². The zero-order chi connectivity index (χ0) is 16.2. The first-order valence-corrected chi connectivity index (χ1v) is 8.41. The molecule has 0 unspecified atom stereocenters. The minimum Gasteiger partial charge on any atom is -0.508 e. The van der Waals surface area contributed by atoms with Crippen molar-refractivity contribution in [1.29, 1.82) is 0 Å². The number of thioether (sulfide) groups is 1. The van der Waals surface area contributed by atoms with E-state index in [-0.39, 0.29) is 5.75 Å². The van der Waals surface area contributed by atoms with Crippen LogP contribution in [0, 0.1) is 0 Å². The molecule has 3 aromatic rings. The van der Waals surface area contributed by atoms with Gasteiger partial charge in [0.1, 0.15) is 5.75 Å². The van der Waals surface area contributed by atoms with Crippen LogP contribution in [-0.4, -0.2) is 25.3 Å². The largest absolute Gasteiger partial charge is 0.508 e. The van der Waals surface area contributed by atoms with Crippen molar-refractivity contribution in [3.05, 3.63) is 59.7 Å². The molecule has 118 valence electrons. The van der Waals surface area contributed by atoms with Gasteiger partial charge in [0, 0.05) is 5.75 Å². The van der Waals surface area contributed by atoms with Gasteiger partial charge in [-0.25, -0.2) is 0 Å². The van der Waals surface area contributed by atoms with Crippen molar-refractivity contribution in [3.63, 3.8) is 0 Å². The third-order valence-corrected chi connectivity index (χ3v) is 4.54. The molecule has 2 aromatic carbocycles. The molecule has 1 aromatic heterocycles. The molecule has 0 spiro atoms. The molecule has 5 nitrogen and oxygen atoms in total. The topological polar surface area (TPSA) is 63.8 Å². The number of nitrogens with zero attached hydrogens (tertiary/aromatic N) is 4. The van der Waals surface area contributed by atoms with Gasteiger partial charge in [0.2, 0.25) is 5.16 Å². The average molecular weight is 326 g/mol. The quantitative estimate of drug-likeness (QED) is 0.723. The number of aromatic nitrogens is 4. The molecule has 0 amide bonds. The molecule has 0 fully saturated rings. The van der Waals surface area contributed by atoms with Gasteiger partial charge in [-0.05, 0) is 51.7 Å². The lowest BCUT2D eigenvalue weighted by atomic mass is 10.0. The first-order valence-electron chi connectivity index (χ1n) is 7.43. The van der Waals surface area contributed by atoms with Crippen LogP contribution in [-0.2, 0) is 5.75 Å². The number of hydrogen-bond acceptors (Lipinski definition) is 5. The predicted octanol–water partition coefficient (Wildman–Crippen LogP) is 3.78. The number of hydrogen-bond donors (Lipinski definition) is 1. The van der Waals surface area contributed by atoms with Crippen molar-refractivity contribution in [2.24, 2.45) is 0 Å². The van der Waals surface area contributed by atoms with E-state index < -0.39 is 0 Å². The van der Waals surface area contributed by atoms with Crippen LogP contribution in [0.1, 0.15) is 30.9 Å². The summed E-state index contributed by atoms with van der Waals surface area (Å²) < 4.78 is 1.67. The summed E-state index contributed by atoms with van der Waals surface area (Å²) in [4.78, 5) is 0. The molecule has 3 rings (SSSR count). The zero-order valence-corrected chi connectivity index (χ0v) is 13.9. The molecule has 1 N–H and O–H groups in total. The van der Waals surface area contributed by atoms with E-state index in [1.54, 1.807) is 40.7 Å². The van der Waals surface area contributed by atoms with Gasteiger partial charge in [-0.1, -0.05) is 49.9 Å². The van der Waals surface area contributed by atoms with E-state index >= 15 is 0 Å². The Balaban J connectivity index is 1.72. The third kappa shape index (κ3) is 3.71. The molecule has 0 aliphatic rings. The summed E-state index contributed by atoms with van der Waals surface area (Å²) >= 11 is 1.58. The highest BCUT2D eigenvalue weighted by Crippen LogP contribution is 2.24. The van der Waals surface area contributed by atoms with Gasteiger partial charge < -0.3 is 5.11 Å². The Morgan fingerprint density at radius 1 is 1.04 bits per heavy atom. The molecule has 1 heterocycles. The highest BCUT2D eigenvalue weighted by Gasteiger charge is 2.09. The van der Waals surface area contributed by atoms with Gasteiger partial charge in [0.25, 0.3) is 0 Å². The van der Waals surface area contributed by atoms with Gasteiger partial charge in [-0.15, -0.1) is 5.10 Å². The Kier molecular flexibility index (Phi) is 4.62. The standard InChI is InChI=1S/C17H18N4OS/c1-12(2)14-5-3-13(4-6-14)11-23-17-18-19-20-21(17)15-7-9-16(22)10-8-15/h3-10,12,22H,11H2,1-2H3. The summed E-state index contributed by atoms with van der Waals surface area (Å²) in [7, 11) is 0. The number of benzene rings is 2. The minimum atomic E-state index is 0.223. The van der Waals surface area contributed by atoms with E-state index in [2.05, 4.69) is 53.6 Å². The normalized spacial score (nSPS) is 11.1. The molecule has 0 aliphatic carbocycles. The number of rotatable bonds is 5. The van der Waals surface area contributed by atoms with Crippen LogP contribution in [0.4, 0.5) is 0 Å². The Bertz CT molecular complexity index is 766. The average Bonchev–Trinajstić information content (AvgIpc) is 3.02. The van der Waals surface area contributed by atoms with E-state index in [1.165, 1.54) is 11.1 Å². The molecule has 0 atom stereocenters. The van der Waals surface area contributed by atoms with Gasteiger partial charge in [-0.2, -0.15) is 4.68 Å². The highest BCUT2D eigenvalue weighted by molar-refractivity contribution is 7.98. The minimum absolute atomic E-state index is 0.223. The molecule has 6 heteroatoms. The van der Waals surface area contributed by atoms with Crippen molar-refractivity contribution in [2.45, 2.75) is 30.7 Å². The molecule has 23 heavy (non-hydrogen) atoms. The van der Waals surface area contributed by atoms with Crippen LogP contribution in [0.15, 0.2) is 53.7 Å². The van der Waals surface area contributed by atoms with Crippen LogP contribution in [0.5, 0.6) is 5.75 Å². The Hall–Kier alpha value is -2.34. The van der Waals surface area contributed by atoms with Gasteiger partial charge in [0.05, 0.1) is 5.69 Å². The Morgan fingerprint density at radius 2 is 1.74 bits per heavy atom. The second-order valence-electron chi connectivity index (χ2n) is 5.57. The van der Waals surface area contributed by atoms with Crippen molar-refractivity contribution in [3.8, 4) is 11.4 Å². The van der Waals surface area contributed by atoms with Gasteiger partial charge in [0.15, 0.2) is 0 Å². The maximum absolute atomic E-state index is 9.37. The number of phenolic OH excluding ortho intramolecular Hbond substituents is 1. The van der Waals surface area contributed by atoms with Crippen molar-refractivity contribution >= 4 is 11.8 Å². The fourth-order valence-electron chi connectivity index (χ4n) is 2.17. The fourth-order valence-corrected chi connectivity index (χ4v) is 3.02. The van der Waals surface area contributed by atoms with Crippen molar-refractivity contribution in [1.82, 2.24) is 20.2 Å². The van der Waals surface area contributed by atoms with E-state index in [0.717, 1.165) is 16.6 Å². The third-order valence-electron chi connectivity index (χ3n) is 3.55. The zero-order valence-electron chi connectivity index (χ0n) is 13.0. The Labute approximate surface area is 139 Å². The smallest absolute Gasteiger partial charge is 0.214 e. The SMILES string of the molecule is CC(C)c1ccc(CSc2nnnn2-c2ccc(O)cc2)cc1. The predicted molar refractivity (Wildman–Crippen MR) is 90.9 cm³/mol. The van der Waals surface area contributed by atoms with E-state index in [4.69, 9.17) is 0 Å². The summed E-state index contributed by atoms with van der Waals surface area (Å²) in [6.07, 6.45) is 0. The maximum atomic E-state index is 9.37. The van der Waals surface area contributed by atoms with Crippen molar-refractivity contribution in [2.75, 3.05) is 0 Å². The second-order valence-corrected chi connectivity index (χ2v) is 6.52. The second kappa shape index (κ2) is 6.83. The summed E-state index contributed by atoms with van der Waals surface area (Å²) in [5.74, 6) is 1.57. The molecular formula is C17H18N4OS. The van der Waals surface area contributed by atoms with Crippen LogP contribution >= 0.6 is 11.8 Å². The first kappa shape index (κ1) is 15.6. The lowest BCUT2D eigenvalue weighted by Gasteiger charge is -2.07. The summed E-state index contributed by atoms with van der Waals surface area (Å²) in [6.45, 7) is 4.38. The van der Waals surface area contributed by atoms with Crippen LogP contribution < -0.4 is 0 Å².